The van der Waals surface area contributed by atoms with Gasteiger partial charge in [-0.1, -0.05) is 0 Å². The van der Waals surface area contributed by atoms with Crippen LogP contribution in [0.3, 0.4) is 0 Å². The lowest BCUT2D eigenvalue weighted by Gasteiger charge is -2.21. The highest BCUT2D eigenvalue weighted by Crippen LogP contribution is 2.16. The lowest BCUT2D eigenvalue weighted by molar-refractivity contribution is 0.0185. The Morgan fingerprint density at radius 3 is 2.65 bits per heavy atom. The first kappa shape index (κ1) is 14.8. The average Bonchev–Trinajstić information content (AvgIpc) is 2.52. The fraction of sp³-hybridized carbons (Fsp3) is 0.533. The average molecular weight is 279 g/mol. The van der Waals surface area contributed by atoms with Crippen molar-refractivity contribution in [3.63, 3.8) is 0 Å². The summed E-state index contributed by atoms with van der Waals surface area (Å²) in [6, 6.07) is 7.07. The fourth-order valence-corrected chi connectivity index (χ4v) is 2.11. The van der Waals surface area contributed by atoms with Crippen LogP contribution >= 0.6 is 0 Å². The molecule has 1 saturated heterocycles. The Labute approximate surface area is 118 Å². The number of ether oxygens (including phenoxy) is 2. The molecule has 1 aliphatic rings. The molecular weight excluding hydrogens is 258 g/mol. The van der Waals surface area contributed by atoms with Gasteiger partial charge in [-0.25, -0.2) is 4.79 Å². The highest BCUT2D eigenvalue weighted by molar-refractivity contribution is 5.89. The normalized spacial score (nSPS) is 15.8. The van der Waals surface area contributed by atoms with Crippen LogP contribution in [0.5, 0.6) is 0 Å². The third-order valence-electron chi connectivity index (χ3n) is 3.35. The third kappa shape index (κ3) is 4.51. The van der Waals surface area contributed by atoms with E-state index in [0.29, 0.717) is 24.6 Å². The molecule has 0 spiro atoms. The molecule has 5 nitrogen and oxygen atoms in total. The molecule has 0 aromatic heterocycles. The van der Waals surface area contributed by atoms with Crippen molar-refractivity contribution in [2.75, 3.05) is 38.3 Å². The first-order chi connectivity index (χ1) is 9.79. The summed E-state index contributed by atoms with van der Waals surface area (Å²) in [6.45, 7) is 2.55. The molecule has 110 valence electrons. The Balaban J connectivity index is 1.79. The van der Waals surface area contributed by atoms with Crippen molar-refractivity contribution in [1.29, 1.82) is 0 Å². The van der Waals surface area contributed by atoms with Crippen LogP contribution in [0, 0.1) is 5.92 Å². The van der Waals surface area contributed by atoms with E-state index in [1.54, 1.807) is 24.3 Å². The molecule has 0 amide bonds. The van der Waals surface area contributed by atoms with Crippen LogP contribution < -0.4 is 5.32 Å². The van der Waals surface area contributed by atoms with Crippen molar-refractivity contribution in [2.45, 2.75) is 12.8 Å². The summed E-state index contributed by atoms with van der Waals surface area (Å²) >= 11 is 0. The topological polar surface area (TPSA) is 67.8 Å². The van der Waals surface area contributed by atoms with Crippen LogP contribution in [-0.2, 0) is 9.47 Å². The van der Waals surface area contributed by atoms with Crippen LogP contribution in [0.25, 0.3) is 0 Å². The molecule has 0 radical (unpaired) electrons. The molecule has 1 heterocycles. The number of hydrogen-bond donors (Lipinski definition) is 2. The van der Waals surface area contributed by atoms with Gasteiger partial charge in [0.2, 0.25) is 0 Å². The zero-order valence-electron chi connectivity index (χ0n) is 11.5. The van der Waals surface area contributed by atoms with Gasteiger partial charge in [-0.2, -0.15) is 0 Å². The van der Waals surface area contributed by atoms with Gasteiger partial charge in [0.05, 0.1) is 18.8 Å². The Bertz CT molecular complexity index is 412. The Kier molecular flexibility index (Phi) is 5.83. The molecule has 5 heteroatoms. The summed E-state index contributed by atoms with van der Waals surface area (Å²) in [6.07, 6.45) is 1.91. The Hall–Kier alpha value is -1.59. The molecule has 0 bridgehead atoms. The van der Waals surface area contributed by atoms with Crippen LogP contribution in [0.2, 0.25) is 0 Å². The molecule has 0 atom stereocenters. The molecule has 2 N–H and O–H groups in total. The summed E-state index contributed by atoms with van der Waals surface area (Å²) in [7, 11) is 0. The van der Waals surface area contributed by atoms with E-state index >= 15 is 0 Å². The molecule has 1 aliphatic heterocycles. The van der Waals surface area contributed by atoms with Gasteiger partial charge >= 0.3 is 5.97 Å². The van der Waals surface area contributed by atoms with E-state index < -0.39 is 0 Å². The maximum absolute atomic E-state index is 11.9. The predicted molar refractivity (Wildman–Crippen MR) is 75.8 cm³/mol. The predicted octanol–water partition coefficient (Wildman–Crippen LogP) is 1.67. The van der Waals surface area contributed by atoms with Gasteiger partial charge in [0, 0.05) is 25.4 Å². The van der Waals surface area contributed by atoms with Crippen LogP contribution in [-0.4, -0.2) is 44.0 Å². The molecule has 0 saturated carbocycles. The molecule has 0 unspecified atom stereocenters. The Morgan fingerprint density at radius 2 is 2.00 bits per heavy atom. The third-order valence-corrected chi connectivity index (χ3v) is 3.35. The molecule has 20 heavy (non-hydrogen) atoms. The second kappa shape index (κ2) is 7.87. The quantitative estimate of drug-likeness (QED) is 0.775. The van der Waals surface area contributed by atoms with Crippen molar-refractivity contribution in [2.24, 2.45) is 5.92 Å². The Morgan fingerprint density at radius 1 is 1.30 bits per heavy atom. The second-order valence-corrected chi connectivity index (χ2v) is 4.88. The van der Waals surface area contributed by atoms with Gasteiger partial charge in [0.25, 0.3) is 0 Å². The molecule has 1 aromatic carbocycles. The van der Waals surface area contributed by atoms with Crippen molar-refractivity contribution in [1.82, 2.24) is 0 Å². The summed E-state index contributed by atoms with van der Waals surface area (Å²) in [5.74, 6) is 0.128. The van der Waals surface area contributed by atoms with E-state index in [1.807, 2.05) is 0 Å². The maximum Gasteiger partial charge on any atom is 0.338 e. The molecular formula is C15H21NO4. The van der Waals surface area contributed by atoms with E-state index in [9.17, 15) is 4.79 Å². The minimum atomic E-state index is -0.287. The van der Waals surface area contributed by atoms with Crippen LogP contribution in [0.1, 0.15) is 23.2 Å². The van der Waals surface area contributed by atoms with Crippen molar-refractivity contribution >= 4 is 11.7 Å². The highest BCUT2D eigenvalue weighted by Gasteiger charge is 2.16. The number of benzene rings is 1. The minimum absolute atomic E-state index is 0.0783. The van der Waals surface area contributed by atoms with Crippen molar-refractivity contribution < 1.29 is 19.4 Å². The number of rotatable bonds is 6. The lowest BCUT2D eigenvalue weighted by atomic mass is 10.0. The zero-order valence-corrected chi connectivity index (χ0v) is 11.5. The van der Waals surface area contributed by atoms with Crippen LogP contribution in [0.15, 0.2) is 24.3 Å². The van der Waals surface area contributed by atoms with Gasteiger partial charge in [0.15, 0.2) is 0 Å². The van der Waals surface area contributed by atoms with Gasteiger partial charge in [-0.15, -0.1) is 0 Å². The number of aliphatic hydroxyl groups is 1. The van der Waals surface area contributed by atoms with Crippen LogP contribution in [0.4, 0.5) is 5.69 Å². The first-order valence-corrected chi connectivity index (χ1v) is 6.99. The standard InChI is InChI=1S/C15H21NO4/c17-8-7-16-14-3-1-13(2-4-14)15(18)20-11-12-5-9-19-10-6-12/h1-4,12,16-17H,5-11H2. The van der Waals surface area contributed by atoms with Gasteiger partial charge in [0.1, 0.15) is 0 Å². The second-order valence-electron chi connectivity index (χ2n) is 4.88. The van der Waals surface area contributed by atoms with Crippen molar-refractivity contribution in [3.05, 3.63) is 29.8 Å². The zero-order chi connectivity index (χ0) is 14.2. The maximum atomic E-state index is 11.9. The number of hydrogen-bond acceptors (Lipinski definition) is 5. The van der Waals surface area contributed by atoms with Crippen molar-refractivity contribution in [3.8, 4) is 0 Å². The lowest BCUT2D eigenvalue weighted by Crippen LogP contribution is -2.21. The minimum Gasteiger partial charge on any atom is -0.462 e. The SMILES string of the molecule is O=C(OCC1CCOCC1)c1ccc(NCCO)cc1. The number of carbonyl (C=O) groups excluding carboxylic acids is 1. The molecule has 1 aromatic rings. The first-order valence-electron chi connectivity index (χ1n) is 6.99. The number of carbonyl (C=O) groups is 1. The van der Waals surface area contributed by atoms with E-state index in [1.165, 1.54) is 0 Å². The number of nitrogens with one attached hydrogen (secondary N) is 1. The smallest absolute Gasteiger partial charge is 0.338 e. The summed E-state index contributed by atoms with van der Waals surface area (Å²) in [5, 5.41) is 11.7. The molecule has 2 rings (SSSR count). The largest absolute Gasteiger partial charge is 0.462 e. The molecule has 1 fully saturated rings. The fourth-order valence-electron chi connectivity index (χ4n) is 2.11. The van der Waals surface area contributed by atoms with Gasteiger partial charge in [-0.3, -0.25) is 0 Å². The van der Waals surface area contributed by atoms with E-state index in [4.69, 9.17) is 14.6 Å². The molecule has 0 aliphatic carbocycles. The van der Waals surface area contributed by atoms with E-state index in [0.717, 1.165) is 31.7 Å². The van der Waals surface area contributed by atoms with E-state index in [-0.39, 0.29) is 12.6 Å². The number of esters is 1. The van der Waals surface area contributed by atoms with Gasteiger partial charge < -0.3 is 19.9 Å². The number of anilines is 1. The summed E-state index contributed by atoms with van der Waals surface area (Å²) < 4.78 is 10.6. The monoisotopic (exact) mass is 279 g/mol. The van der Waals surface area contributed by atoms with Gasteiger partial charge in [-0.05, 0) is 43.0 Å². The highest BCUT2D eigenvalue weighted by atomic mass is 16.5. The number of aliphatic hydroxyl groups excluding tert-OH is 1. The summed E-state index contributed by atoms with van der Waals surface area (Å²) in [4.78, 5) is 11.9. The summed E-state index contributed by atoms with van der Waals surface area (Å²) in [5.41, 5.74) is 1.42. The van der Waals surface area contributed by atoms with E-state index in [2.05, 4.69) is 5.32 Å².